The minimum atomic E-state index is -0.593. The molecule has 6 nitrogen and oxygen atoms in total. The summed E-state index contributed by atoms with van der Waals surface area (Å²) < 4.78 is 7.09. The molecule has 1 amide bonds. The van der Waals surface area contributed by atoms with Crippen molar-refractivity contribution >= 4 is 29.3 Å². The molecule has 1 atom stereocenters. The molecule has 1 unspecified atom stereocenters. The number of phenolic OH excluding ortho intramolecular Hbond substituents is 1. The van der Waals surface area contributed by atoms with Crippen LogP contribution in [0.2, 0.25) is 10.0 Å². The molecule has 0 aliphatic rings. The maximum Gasteiger partial charge on any atom is 0.408 e. The molecule has 0 bridgehead atoms. The van der Waals surface area contributed by atoms with Gasteiger partial charge in [-0.25, -0.2) is 9.48 Å². The van der Waals surface area contributed by atoms with Crippen LogP contribution in [0.15, 0.2) is 48.5 Å². The summed E-state index contributed by atoms with van der Waals surface area (Å²) in [4.78, 5) is 12.2. The number of ether oxygens (including phenoxy) is 1. The predicted octanol–water partition coefficient (Wildman–Crippen LogP) is 6.06. The van der Waals surface area contributed by atoms with Crippen LogP contribution < -0.4 is 5.32 Å². The van der Waals surface area contributed by atoms with E-state index in [9.17, 15) is 9.90 Å². The first-order valence-corrected chi connectivity index (χ1v) is 10.6. The summed E-state index contributed by atoms with van der Waals surface area (Å²) in [5.74, 6) is 0.203. The maximum absolute atomic E-state index is 12.2. The number of benzene rings is 2. The van der Waals surface area contributed by atoms with E-state index in [1.54, 1.807) is 35.0 Å². The highest BCUT2D eigenvalue weighted by Crippen LogP contribution is 2.28. The number of halogens is 2. The van der Waals surface area contributed by atoms with Crippen LogP contribution in [0.1, 0.15) is 50.7 Å². The number of aromatic hydroxyl groups is 1. The minimum absolute atomic E-state index is 0.203. The lowest BCUT2D eigenvalue weighted by Gasteiger charge is -2.21. The molecule has 0 saturated heterocycles. The molecule has 2 N–H and O–H groups in total. The first-order chi connectivity index (χ1) is 14.5. The number of hydrogen-bond acceptors (Lipinski definition) is 4. The van der Waals surface area contributed by atoms with Crippen molar-refractivity contribution < 1.29 is 14.6 Å². The van der Waals surface area contributed by atoms with E-state index in [0.29, 0.717) is 27.8 Å². The Hall–Kier alpha value is -2.70. The van der Waals surface area contributed by atoms with Crippen LogP contribution in [-0.2, 0) is 11.2 Å². The van der Waals surface area contributed by atoms with Gasteiger partial charge in [0.25, 0.3) is 0 Å². The molecule has 2 aromatic carbocycles. The highest BCUT2D eigenvalue weighted by molar-refractivity contribution is 6.35. The largest absolute Gasteiger partial charge is 0.508 e. The first kappa shape index (κ1) is 23.0. The van der Waals surface area contributed by atoms with E-state index >= 15 is 0 Å². The molecule has 164 valence electrons. The van der Waals surface area contributed by atoms with Crippen LogP contribution in [0.3, 0.4) is 0 Å². The van der Waals surface area contributed by atoms with Crippen molar-refractivity contribution in [1.82, 2.24) is 15.1 Å². The van der Waals surface area contributed by atoms with Gasteiger partial charge < -0.3 is 15.2 Å². The summed E-state index contributed by atoms with van der Waals surface area (Å²) in [6.07, 6.45) is 0.0323. The molecule has 0 spiro atoms. The maximum atomic E-state index is 12.2. The second kappa shape index (κ2) is 9.20. The Bertz CT molecular complexity index is 1070. The quantitative estimate of drug-likeness (QED) is 0.483. The van der Waals surface area contributed by atoms with Gasteiger partial charge in [0, 0.05) is 17.1 Å². The SMILES string of the molecule is CC(NC(=O)OC(C)(C)C)c1cc(Cc2ccc(O)cc2)n(-c2ccc(Cl)cc2Cl)n1. The molecular weight excluding hydrogens is 437 g/mol. The Kier molecular flexibility index (Phi) is 6.82. The number of carbonyl (C=O) groups is 1. The fourth-order valence-electron chi connectivity index (χ4n) is 3.02. The Morgan fingerprint density at radius 1 is 1.16 bits per heavy atom. The Balaban J connectivity index is 1.95. The standard InChI is InChI=1S/C23H25Cl2N3O3/c1-14(26-22(30)31-23(2,3)4)20-13-17(11-15-5-8-18(29)9-6-15)28(27-20)21-10-7-16(24)12-19(21)25/h5-10,12-14,29H,11H2,1-4H3,(H,26,30). The Morgan fingerprint density at radius 3 is 2.45 bits per heavy atom. The first-order valence-electron chi connectivity index (χ1n) is 9.83. The number of phenols is 1. The van der Waals surface area contributed by atoms with Crippen LogP contribution in [0.5, 0.6) is 5.75 Å². The van der Waals surface area contributed by atoms with Gasteiger partial charge >= 0.3 is 6.09 Å². The zero-order chi connectivity index (χ0) is 22.8. The van der Waals surface area contributed by atoms with Crippen molar-refractivity contribution in [2.75, 3.05) is 0 Å². The second-order valence-electron chi connectivity index (χ2n) is 8.28. The molecule has 8 heteroatoms. The van der Waals surface area contributed by atoms with Gasteiger partial charge in [-0.1, -0.05) is 35.3 Å². The number of nitrogens with one attached hydrogen (secondary N) is 1. The van der Waals surface area contributed by atoms with E-state index in [4.69, 9.17) is 33.0 Å². The number of hydrogen-bond donors (Lipinski definition) is 2. The van der Waals surface area contributed by atoms with Crippen LogP contribution in [0.25, 0.3) is 5.69 Å². The fraction of sp³-hybridized carbons (Fsp3) is 0.304. The molecule has 0 aliphatic carbocycles. The molecule has 0 saturated carbocycles. The van der Waals surface area contributed by atoms with Gasteiger partial charge in [0.15, 0.2) is 0 Å². The zero-order valence-corrected chi connectivity index (χ0v) is 19.3. The second-order valence-corrected chi connectivity index (χ2v) is 9.12. The molecular formula is C23H25Cl2N3O3. The van der Waals surface area contributed by atoms with Gasteiger partial charge in [-0.2, -0.15) is 5.10 Å². The predicted molar refractivity (Wildman–Crippen MR) is 122 cm³/mol. The third-order valence-electron chi connectivity index (χ3n) is 4.44. The summed E-state index contributed by atoms with van der Waals surface area (Å²) >= 11 is 12.5. The number of rotatable bonds is 5. The molecule has 1 aromatic heterocycles. The average molecular weight is 462 g/mol. The lowest BCUT2D eigenvalue weighted by Crippen LogP contribution is -2.34. The van der Waals surface area contributed by atoms with Crippen LogP contribution in [0, 0.1) is 0 Å². The van der Waals surface area contributed by atoms with Gasteiger partial charge in [-0.15, -0.1) is 0 Å². The highest BCUT2D eigenvalue weighted by Gasteiger charge is 2.21. The summed E-state index contributed by atoms with van der Waals surface area (Å²) in [6.45, 7) is 7.27. The molecule has 31 heavy (non-hydrogen) atoms. The summed E-state index contributed by atoms with van der Waals surface area (Å²) in [5.41, 5.74) is 2.59. The van der Waals surface area contributed by atoms with Crippen LogP contribution >= 0.6 is 23.2 Å². The van der Waals surface area contributed by atoms with Crippen molar-refractivity contribution in [3.63, 3.8) is 0 Å². The zero-order valence-electron chi connectivity index (χ0n) is 17.8. The summed E-state index contributed by atoms with van der Waals surface area (Å²) in [6, 6.07) is 13.7. The summed E-state index contributed by atoms with van der Waals surface area (Å²) in [5, 5.41) is 18.1. The Labute approximate surface area is 191 Å². The van der Waals surface area contributed by atoms with Crippen molar-refractivity contribution in [2.45, 2.75) is 45.8 Å². The van der Waals surface area contributed by atoms with E-state index in [0.717, 1.165) is 11.3 Å². The fourth-order valence-corrected chi connectivity index (χ4v) is 3.51. The third-order valence-corrected chi connectivity index (χ3v) is 4.98. The molecule has 3 aromatic rings. The van der Waals surface area contributed by atoms with Crippen molar-refractivity contribution in [1.29, 1.82) is 0 Å². The lowest BCUT2D eigenvalue weighted by atomic mass is 10.1. The normalized spacial score (nSPS) is 12.5. The van der Waals surface area contributed by atoms with Crippen molar-refractivity contribution in [3.05, 3.63) is 75.5 Å². The number of nitrogens with zero attached hydrogens (tertiary/aromatic N) is 2. The molecule has 0 aliphatic heterocycles. The van der Waals surface area contributed by atoms with E-state index in [1.165, 1.54) is 0 Å². The van der Waals surface area contributed by atoms with Crippen molar-refractivity contribution in [2.24, 2.45) is 0 Å². The molecule has 0 fully saturated rings. The van der Waals surface area contributed by atoms with Gasteiger partial charge in [0.1, 0.15) is 11.4 Å². The number of aromatic nitrogens is 2. The monoisotopic (exact) mass is 461 g/mol. The van der Waals surface area contributed by atoms with E-state index in [1.807, 2.05) is 45.9 Å². The summed E-state index contributed by atoms with van der Waals surface area (Å²) in [7, 11) is 0. The Morgan fingerprint density at radius 2 is 1.84 bits per heavy atom. The topological polar surface area (TPSA) is 76.4 Å². The molecule has 3 rings (SSSR count). The van der Waals surface area contributed by atoms with Crippen molar-refractivity contribution in [3.8, 4) is 11.4 Å². The molecule has 1 heterocycles. The van der Waals surface area contributed by atoms with Gasteiger partial charge in [0.05, 0.1) is 22.4 Å². The van der Waals surface area contributed by atoms with Gasteiger partial charge in [-0.05, 0) is 69.7 Å². The number of amides is 1. The highest BCUT2D eigenvalue weighted by atomic mass is 35.5. The molecule has 0 radical (unpaired) electrons. The van der Waals surface area contributed by atoms with E-state index < -0.39 is 11.7 Å². The lowest BCUT2D eigenvalue weighted by molar-refractivity contribution is 0.0507. The van der Waals surface area contributed by atoms with E-state index in [2.05, 4.69) is 5.32 Å². The average Bonchev–Trinajstić information content (AvgIpc) is 3.05. The smallest absolute Gasteiger partial charge is 0.408 e. The number of alkyl carbamates (subject to hydrolysis) is 1. The minimum Gasteiger partial charge on any atom is -0.508 e. The van der Waals surface area contributed by atoms with Crippen LogP contribution in [0.4, 0.5) is 4.79 Å². The van der Waals surface area contributed by atoms with E-state index in [-0.39, 0.29) is 11.8 Å². The number of carbonyl (C=O) groups excluding carboxylic acids is 1. The third kappa shape index (κ3) is 6.15. The van der Waals surface area contributed by atoms with Crippen LogP contribution in [-0.4, -0.2) is 26.6 Å². The van der Waals surface area contributed by atoms with Gasteiger partial charge in [0.2, 0.25) is 0 Å². The van der Waals surface area contributed by atoms with Gasteiger partial charge in [-0.3, -0.25) is 0 Å².